The summed E-state index contributed by atoms with van der Waals surface area (Å²) in [6.07, 6.45) is 0. The lowest BCUT2D eigenvalue weighted by atomic mass is 10.2. The molecule has 1 aliphatic rings. The Kier molecular flexibility index (Phi) is 6.65. The molecular formula is C20H23Cl2N3O3. The van der Waals surface area contributed by atoms with Crippen molar-refractivity contribution in [3.63, 3.8) is 0 Å². The average Bonchev–Trinajstić information content (AvgIpc) is 3.02. The topological polar surface area (TPSA) is 65.8 Å². The average molecular weight is 424 g/mol. The molecule has 2 aromatic rings. The highest BCUT2D eigenvalue weighted by molar-refractivity contribution is 6.42. The molecule has 1 aliphatic heterocycles. The van der Waals surface area contributed by atoms with Crippen LogP contribution in [0.2, 0.25) is 10.0 Å². The standard InChI is InChI=1S/C20H23Cl2N3O3/c1-13-10-16(14(2)28-13)20(27)23-11-18(26)25-8-6-24(7-9-25)12-15-4-3-5-17(21)19(15)22/h3-5,10H,6-9,11-12H2,1-2H3,(H,23,27). The third-order valence-corrected chi connectivity index (χ3v) is 5.69. The maximum Gasteiger partial charge on any atom is 0.255 e. The molecule has 1 aromatic carbocycles. The smallest absolute Gasteiger partial charge is 0.255 e. The first-order valence-corrected chi connectivity index (χ1v) is 9.89. The number of halogens is 2. The quantitative estimate of drug-likeness (QED) is 0.800. The summed E-state index contributed by atoms with van der Waals surface area (Å²) in [5.41, 5.74) is 1.44. The van der Waals surface area contributed by atoms with Crippen LogP contribution in [0, 0.1) is 13.8 Å². The van der Waals surface area contributed by atoms with Gasteiger partial charge in [0.2, 0.25) is 5.91 Å². The van der Waals surface area contributed by atoms with E-state index in [0.29, 0.717) is 46.8 Å². The highest BCUT2D eigenvalue weighted by Crippen LogP contribution is 2.26. The molecule has 3 rings (SSSR count). The molecule has 8 heteroatoms. The highest BCUT2D eigenvalue weighted by atomic mass is 35.5. The number of carbonyl (C=O) groups is 2. The molecule has 1 N–H and O–H groups in total. The second kappa shape index (κ2) is 8.99. The Morgan fingerprint density at radius 1 is 1.14 bits per heavy atom. The first-order chi connectivity index (χ1) is 13.3. The fraction of sp³-hybridized carbons (Fsp3) is 0.400. The number of nitrogens with zero attached hydrogens (tertiary/aromatic N) is 2. The lowest BCUT2D eigenvalue weighted by Gasteiger charge is -2.35. The van der Waals surface area contributed by atoms with E-state index in [1.54, 1.807) is 30.9 Å². The van der Waals surface area contributed by atoms with Crippen LogP contribution in [0.25, 0.3) is 0 Å². The van der Waals surface area contributed by atoms with Crippen LogP contribution in [0.5, 0.6) is 0 Å². The van der Waals surface area contributed by atoms with Gasteiger partial charge in [-0.3, -0.25) is 14.5 Å². The number of hydrogen-bond acceptors (Lipinski definition) is 4. The van der Waals surface area contributed by atoms with E-state index in [1.807, 2.05) is 12.1 Å². The van der Waals surface area contributed by atoms with E-state index >= 15 is 0 Å². The molecule has 6 nitrogen and oxygen atoms in total. The van der Waals surface area contributed by atoms with Gasteiger partial charge in [-0.1, -0.05) is 35.3 Å². The zero-order valence-corrected chi connectivity index (χ0v) is 17.4. The van der Waals surface area contributed by atoms with Crippen LogP contribution in [0.1, 0.15) is 27.4 Å². The third kappa shape index (κ3) is 4.87. The van der Waals surface area contributed by atoms with Crippen molar-refractivity contribution in [3.05, 3.63) is 57.0 Å². The first-order valence-electron chi connectivity index (χ1n) is 9.13. The number of amides is 2. The number of carbonyl (C=O) groups excluding carboxylic acids is 2. The molecular weight excluding hydrogens is 401 g/mol. The first kappa shape index (κ1) is 20.7. The number of piperazine rings is 1. The summed E-state index contributed by atoms with van der Waals surface area (Å²) in [6, 6.07) is 7.29. The highest BCUT2D eigenvalue weighted by Gasteiger charge is 2.23. The SMILES string of the molecule is Cc1cc(C(=O)NCC(=O)N2CCN(Cc3cccc(Cl)c3Cl)CC2)c(C)o1. The number of benzene rings is 1. The van der Waals surface area contributed by atoms with Crippen molar-refractivity contribution in [1.82, 2.24) is 15.1 Å². The minimum Gasteiger partial charge on any atom is -0.466 e. The summed E-state index contributed by atoms with van der Waals surface area (Å²) in [5.74, 6) is 0.837. The van der Waals surface area contributed by atoms with Crippen LogP contribution >= 0.6 is 23.2 Å². The summed E-state index contributed by atoms with van der Waals surface area (Å²) in [5, 5.41) is 3.81. The zero-order chi connectivity index (χ0) is 20.3. The fourth-order valence-electron chi connectivity index (χ4n) is 3.29. The largest absolute Gasteiger partial charge is 0.466 e. The maximum atomic E-state index is 12.4. The minimum absolute atomic E-state index is 0.0252. The minimum atomic E-state index is -0.295. The van der Waals surface area contributed by atoms with Crippen molar-refractivity contribution >= 4 is 35.0 Å². The normalized spacial score (nSPS) is 14.9. The second-order valence-corrected chi connectivity index (χ2v) is 7.66. The fourth-order valence-corrected chi connectivity index (χ4v) is 3.67. The Hall–Kier alpha value is -2.02. The monoisotopic (exact) mass is 423 g/mol. The van der Waals surface area contributed by atoms with E-state index in [4.69, 9.17) is 27.6 Å². The summed E-state index contributed by atoms with van der Waals surface area (Å²) < 4.78 is 5.36. The van der Waals surface area contributed by atoms with Gasteiger partial charge >= 0.3 is 0 Å². The van der Waals surface area contributed by atoms with E-state index in [2.05, 4.69) is 10.2 Å². The molecule has 0 saturated carbocycles. The molecule has 150 valence electrons. The van der Waals surface area contributed by atoms with Gasteiger partial charge in [0, 0.05) is 32.7 Å². The Morgan fingerprint density at radius 3 is 2.50 bits per heavy atom. The lowest BCUT2D eigenvalue weighted by molar-refractivity contribution is -0.131. The molecule has 0 bridgehead atoms. The second-order valence-electron chi connectivity index (χ2n) is 6.88. The Labute approximate surface area is 174 Å². The van der Waals surface area contributed by atoms with Crippen LogP contribution in [0.4, 0.5) is 0 Å². The van der Waals surface area contributed by atoms with Gasteiger partial charge in [-0.2, -0.15) is 0 Å². The summed E-state index contributed by atoms with van der Waals surface area (Å²) >= 11 is 12.3. The van der Waals surface area contributed by atoms with Crippen LogP contribution in [0.15, 0.2) is 28.7 Å². The molecule has 0 radical (unpaired) electrons. The van der Waals surface area contributed by atoms with Crippen LogP contribution in [-0.4, -0.2) is 54.3 Å². The molecule has 1 aromatic heterocycles. The van der Waals surface area contributed by atoms with Gasteiger partial charge in [-0.25, -0.2) is 0 Å². The van der Waals surface area contributed by atoms with Crippen LogP contribution in [-0.2, 0) is 11.3 Å². The molecule has 2 amide bonds. The Bertz CT molecular complexity index is 874. The number of aryl methyl sites for hydroxylation is 2. The number of nitrogens with one attached hydrogen (secondary N) is 1. The predicted molar refractivity (Wildman–Crippen MR) is 109 cm³/mol. The Morgan fingerprint density at radius 2 is 1.86 bits per heavy atom. The molecule has 28 heavy (non-hydrogen) atoms. The third-order valence-electron chi connectivity index (χ3n) is 4.84. The van der Waals surface area contributed by atoms with Crippen LogP contribution < -0.4 is 5.32 Å². The summed E-state index contributed by atoms with van der Waals surface area (Å²) in [4.78, 5) is 28.6. The van der Waals surface area contributed by atoms with Gasteiger partial charge in [0.15, 0.2) is 0 Å². The molecule has 0 spiro atoms. The van der Waals surface area contributed by atoms with Crippen molar-refractivity contribution in [2.24, 2.45) is 0 Å². The van der Waals surface area contributed by atoms with Gasteiger partial charge in [0.25, 0.3) is 5.91 Å². The van der Waals surface area contributed by atoms with Crippen molar-refractivity contribution < 1.29 is 14.0 Å². The van der Waals surface area contributed by atoms with Crippen molar-refractivity contribution in [3.8, 4) is 0 Å². The van der Waals surface area contributed by atoms with Gasteiger partial charge in [0.05, 0.1) is 22.2 Å². The molecule has 0 aliphatic carbocycles. The van der Waals surface area contributed by atoms with E-state index in [9.17, 15) is 9.59 Å². The Balaban J connectivity index is 1.46. The maximum absolute atomic E-state index is 12.4. The number of hydrogen-bond donors (Lipinski definition) is 1. The number of furan rings is 1. The number of rotatable bonds is 5. The summed E-state index contributed by atoms with van der Waals surface area (Å²) in [7, 11) is 0. The molecule has 2 heterocycles. The van der Waals surface area contributed by atoms with Gasteiger partial charge in [-0.15, -0.1) is 0 Å². The molecule has 1 fully saturated rings. The van der Waals surface area contributed by atoms with E-state index in [0.717, 1.165) is 18.7 Å². The molecule has 0 unspecified atom stereocenters. The summed E-state index contributed by atoms with van der Waals surface area (Å²) in [6.45, 7) is 6.87. The van der Waals surface area contributed by atoms with Crippen molar-refractivity contribution in [1.29, 1.82) is 0 Å². The van der Waals surface area contributed by atoms with E-state index in [1.165, 1.54) is 0 Å². The predicted octanol–water partition coefficient (Wildman–Crippen LogP) is 3.28. The van der Waals surface area contributed by atoms with E-state index in [-0.39, 0.29) is 18.4 Å². The van der Waals surface area contributed by atoms with Crippen molar-refractivity contribution in [2.75, 3.05) is 32.7 Å². The van der Waals surface area contributed by atoms with E-state index < -0.39 is 0 Å². The van der Waals surface area contributed by atoms with Gasteiger partial charge < -0.3 is 14.6 Å². The molecule has 1 saturated heterocycles. The van der Waals surface area contributed by atoms with Crippen molar-refractivity contribution in [2.45, 2.75) is 20.4 Å². The zero-order valence-electron chi connectivity index (χ0n) is 15.9. The lowest BCUT2D eigenvalue weighted by Crippen LogP contribution is -2.50. The van der Waals surface area contributed by atoms with Gasteiger partial charge in [0.1, 0.15) is 11.5 Å². The van der Waals surface area contributed by atoms with Crippen LogP contribution in [0.3, 0.4) is 0 Å². The molecule has 0 atom stereocenters. The van der Waals surface area contributed by atoms with Gasteiger partial charge in [-0.05, 0) is 31.5 Å².